The Balaban J connectivity index is 2.11. The number of hydrogen-bond donors (Lipinski definition) is 2. The van der Waals surface area contributed by atoms with E-state index in [1.54, 1.807) is 18.7 Å². The van der Waals surface area contributed by atoms with Gasteiger partial charge in [-0.15, -0.1) is 0 Å². The Labute approximate surface area is 98.9 Å². The van der Waals surface area contributed by atoms with E-state index in [0.717, 1.165) is 10.7 Å². The molecule has 6 nitrogen and oxygen atoms in total. The van der Waals surface area contributed by atoms with E-state index in [1.807, 2.05) is 0 Å². The van der Waals surface area contributed by atoms with Crippen molar-refractivity contribution in [2.45, 2.75) is 10.2 Å². The summed E-state index contributed by atoms with van der Waals surface area (Å²) in [5.74, 6) is 0. The maximum absolute atomic E-state index is 5.80. The molecule has 0 aromatic carbocycles. The summed E-state index contributed by atoms with van der Waals surface area (Å²) in [4.78, 5) is 22.2. The lowest BCUT2D eigenvalue weighted by Crippen LogP contribution is -1.89. The van der Waals surface area contributed by atoms with E-state index in [-0.39, 0.29) is 5.28 Å². The van der Waals surface area contributed by atoms with Crippen LogP contribution in [0.25, 0.3) is 11.2 Å². The summed E-state index contributed by atoms with van der Waals surface area (Å²) in [5.41, 5.74) is 1.31. The van der Waals surface area contributed by atoms with E-state index >= 15 is 0 Å². The van der Waals surface area contributed by atoms with Gasteiger partial charge in [-0.2, -0.15) is 4.98 Å². The molecule has 3 rings (SSSR count). The van der Waals surface area contributed by atoms with E-state index in [9.17, 15) is 0 Å². The van der Waals surface area contributed by atoms with Gasteiger partial charge >= 0.3 is 0 Å². The molecule has 3 heterocycles. The van der Waals surface area contributed by atoms with Crippen LogP contribution in [0.3, 0.4) is 0 Å². The first-order chi connectivity index (χ1) is 7.83. The zero-order valence-corrected chi connectivity index (χ0v) is 9.38. The van der Waals surface area contributed by atoms with Crippen molar-refractivity contribution in [2.24, 2.45) is 0 Å². The van der Waals surface area contributed by atoms with Gasteiger partial charge in [-0.05, 0) is 23.4 Å². The lowest BCUT2D eigenvalue weighted by atomic mass is 10.6. The first-order valence-corrected chi connectivity index (χ1v) is 5.56. The van der Waals surface area contributed by atoms with Crippen molar-refractivity contribution in [3.63, 3.8) is 0 Å². The maximum Gasteiger partial charge on any atom is 0.225 e. The Morgan fingerprint density at radius 2 is 2.12 bits per heavy atom. The molecule has 3 aromatic heterocycles. The minimum atomic E-state index is 0.175. The van der Waals surface area contributed by atoms with Crippen LogP contribution in [0.5, 0.6) is 0 Å². The third kappa shape index (κ3) is 1.63. The minimum absolute atomic E-state index is 0.175. The van der Waals surface area contributed by atoms with Crippen LogP contribution < -0.4 is 0 Å². The number of aromatic amines is 2. The van der Waals surface area contributed by atoms with Gasteiger partial charge in [-0.1, -0.05) is 0 Å². The van der Waals surface area contributed by atoms with Crippen molar-refractivity contribution < 1.29 is 0 Å². The van der Waals surface area contributed by atoms with Crippen molar-refractivity contribution in [2.75, 3.05) is 0 Å². The summed E-state index contributed by atoms with van der Waals surface area (Å²) < 4.78 is 0. The van der Waals surface area contributed by atoms with Gasteiger partial charge in [0, 0.05) is 12.4 Å². The first-order valence-electron chi connectivity index (χ1n) is 4.37. The number of fused-ring (bicyclic) bond motifs is 1. The fraction of sp³-hybridized carbons (Fsp3) is 0. The summed E-state index contributed by atoms with van der Waals surface area (Å²) in [6, 6.07) is 0. The number of H-pyrrole nitrogens is 2. The lowest BCUT2D eigenvalue weighted by molar-refractivity contribution is 1.03. The van der Waals surface area contributed by atoms with Crippen LogP contribution in [0.1, 0.15) is 0 Å². The summed E-state index contributed by atoms with van der Waals surface area (Å²) in [6.07, 6.45) is 4.98. The molecule has 0 aliphatic rings. The molecular formula is C8H5ClN6S. The summed E-state index contributed by atoms with van der Waals surface area (Å²) in [6.45, 7) is 0. The van der Waals surface area contributed by atoms with Gasteiger partial charge in [0.05, 0.1) is 6.33 Å². The van der Waals surface area contributed by atoms with Gasteiger partial charge in [-0.25, -0.2) is 15.0 Å². The Morgan fingerprint density at radius 3 is 2.94 bits per heavy atom. The van der Waals surface area contributed by atoms with Crippen molar-refractivity contribution in [1.82, 2.24) is 29.9 Å². The monoisotopic (exact) mass is 252 g/mol. The van der Waals surface area contributed by atoms with Crippen molar-refractivity contribution >= 4 is 34.5 Å². The van der Waals surface area contributed by atoms with Crippen LogP contribution in [0.4, 0.5) is 0 Å². The maximum atomic E-state index is 5.80. The SMILES string of the molecule is Clc1nc(Sc2ncc[nH]2)c2[nH]cnc2n1. The average molecular weight is 253 g/mol. The van der Waals surface area contributed by atoms with Crippen LogP contribution in [0, 0.1) is 0 Å². The highest BCUT2D eigenvalue weighted by atomic mass is 35.5. The fourth-order valence-electron chi connectivity index (χ4n) is 1.25. The Bertz CT molecular complexity index is 619. The van der Waals surface area contributed by atoms with Crippen LogP contribution >= 0.6 is 23.4 Å². The minimum Gasteiger partial charge on any atom is -0.341 e. The highest BCUT2D eigenvalue weighted by Crippen LogP contribution is 2.28. The molecule has 0 saturated heterocycles. The number of nitrogens with one attached hydrogen (secondary N) is 2. The largest absolute Gasteiger partial charge is 0.341 e. The molecule has 0 aliphatic heterocycles. The number of nitrogens with zero attached hydrogens (tertiary/aromatic N) is 4. The molecule has 2 N–H and O–H groups in total. The van der Waals surface area contributed by atoms with Gasteiger partial charge in [0.1, 0.15) is 10.5 Å². The molecule has 16 heavy (non-hydrogen) atoms. The molecule has 0 fully saturated rings. The molecule has 80 valence electrons. The van der Waals surface area contributed by atoms with Gasteiger partial charge < -0.3 is 9.97 Å². The summed E-state index contributed by atoms with van der Waals surface area (Å²) in [7, 11) is 0. The smallest absolute Gasteiger partial charge is 0.225 e. The van der Waals surface area contributed by atoms with Crippen molar-refractivity contribution in [3.8, 4) is 0 Å². The fourth-order valence-corrected chi connectivity index (χ4v) is 2.28. The van der Waals surface area contributed by atoms with E-state index in [2.05, 4.69) is 29.9 Å². The van der Waals surface area contributed by atoms with E-state index in [4.69, 9.17) is 11.6 Å². The standard InChI is InChI=1S/C8H5ClN6S/c9-7-14-5-4(12-3-13-5)6(15-7)16-8-10-1-2-11-8/h1-3H,(H,10,11)(H,12,13,14,15). The van der Waals surface area contributed by atoms with Crippen LogP contribution in [0.2, 0.25) is 5.28 Å². The Kier molecular flexibility index (Phi) is 2.26. The third-order valence-corrected chi connectivity index (χ3v) is 2.97. The van der Waals surface area contributed by atoms with Gasteiger partial charge in [0.2, 0.25) is 5.28 Å². The quantitative estimate of drug-likeness (QED) is 0.537. The normalized spacial score (nSPS) is 11.1. The highest BCUT2D eigenvalue weighted by molar-refractivity contribution is 7.99. The molecule has 8 heteroatoms. The Morgan fingerprint density at radius 1 is 1.19 bits per heavy atom. The molecule has 0 radical (unpaired) electrons. The highest BCUT2D eigenvalue weighted by Gasteiger charge is 2.11. The zero-order valence-electron chi connectivity index (χ0n) is 7.81. The molecule has 0 aliphatic carbocycles. The first kappa shape index (κ1) is 9.61. The number of halogens is 1. The van der Waals surface area contributed by atoms with E-state index in [0.29, 0.717) is 10.7 Å². The van der Waals surface area contributed by atoms with E-state index < -0.39 is 0 Å². The molecule has 0 unspecified atom stereocenters. The Hall–Kier alpha value is -1.60. The zero-order chi connectivity index (χ0) is 11.0. The van der Waals surface area contributed by atoms with Gasteiger partial charge in [0.15, 0.2) is 10.8 Å². The number of rotatable bonds is 2. The molecule has 0 atom stereocenters. The predicted octanol–water partition coefficient (Wildman–Crippen LogP) is 1.88. The van der Waals surface area contributed by atoms with Crippen molar-refractivity contribution in [3.05, 3.63) is 24.0 Å². The summed E-state index contributed by atoms with van der Waals surface area (Å²) >= 11 is 7.17. The number of imidazole rings is 2. The molecule has 0 bridgehead atoms. The van der Waals surface area contributed by atoms with Crippen LogP contribution in [-0.2, 0) is 0 Å². The predicted molar refractivity (Wildman–Crippen MR) is 59.4 cm³/mol. The average Bonchev–Trinajstić information content (AvgIpc) is 2.87. The molecule has 0 spiro atoms. The number of aromatic nitrogens is 6. The van der Waals surface area contributed by atoms with Gasteiger partial charge in [0.25, 0.3) is 0 Å². The van der Waals surface area contributed by atoms with Crippen LogP contribution in [0.15, 0.2) is 28.9 Å². The van der Waals surface area contributed by atoms with E-state index in [1.165, 1.54) is 11.8 Å². The second kappa shape index (κ2) is 3.76. The molecule has 0 amide bonds. The summed E-state index contributed by atoms with van der Waals surface area (Å²) in [5, 5.41) is 1.61. The third-order valence-electron chi connectivity index (χ3n) is 1.89. The molecular weight excluding hydrogens is 248 g/mol. The van der Waals surface area contributed by atoms with Crippen LogP contribution in [-0.4, -0.2) is 29.9 Å². The van der Waals surface area contributed by atoms with Gasteiger partial charge in [-0.3, -0.25) is 0 Å². The van der Waals surface area contributed by atoms with Crippen molar-refractivity contribution in [1.29, 1.82) is 0 Å². The second-order valence-corrected chi connectivity index (χ2v) is 4.21. The molecule has 3 aromatic rings. The topological polar surface area (TPSA) is 83.1 Å². The molecule has 0 saturated carbocycles. The lowest BCUT2D eigenvalue weighted by Gasteiger charge is -1.98. The second-order valence-electron chi connectivity index (χ2n) is 2.90. The number of hydrogen-bond acceptors (Lipinski definition) is 5.